The van der Waals surface area contributed by atoms with Gasteiger partial charge in [-0.2, -0.15) is 0 Å². The fourth-order valence-electron chi connectivity index (χ4n) is 1.54. The second-order valence-electron chi connectivity index (χ2n) is 3.68. The van der Waals surface area contributed by atoms with E-state index in [1.165, 1.54) is 7.11 Å². The number of carboxylic acid groups (broad SMARTS) is 1. The first-order valence-corrected chi connectivity index (χ1v) is 5.29. The van der Waals surface area contributed by atoms with Crippen molar-refractivity contribution in [2.75, 3.05) is 20.3 Å². The number of aliphatic carboxylic acids is 1. The van der Waals surface area contributed by atoms with Crippen LogP contribution in [0.2, 0.25) is 0 Å². The average molecular weight is 231 g/mol. The lowest BCUT2D eigenvalue weighted by molar-refractivity contribution is -0.144. The van der Waals surface area contributed by atoms with Crippen LogP contribution in [0.4, 0.5) is 0 Å². The summed E-state index contributed by atoms with van der Waals surface area (Å²) >= 11 is 0. The van der Waals surface area contributed by atoms with Gasteiger partial charge in [0.15, 0.2) is 0 Å². The number of ether oxygens (including phenoxy) is 2. The van der Waals surface area contributed by atoms with E-state index >= 15 is 0 Å². The number of carbonyl (C=O) groups is 2. The summed E-state index contributed by atoms with van der Waals surface area (Å²) in [5.74, 6) is -1.40. The molecule has 0 radical (unpaired) electrons. The van der Waals surface area contributed by atoms with Crippen molar-refractivity contribution in [1.82, 2.24) is 5.32 Å². The number of rotatable bonds is 6. The highest BCUT2D eigenvalue weighted by atomic mass is 16.5. The SMILES string of the molecule is COCCC(NC(=O)[C@H]1CCCO1)C(=O)O. The molecule has 0 bridgehead atoms. The Bertz CT molecular complexity index is 250. The maximum absolute atomic E-state index is 11.6. The van der Waals surface area contributed by atoms with Gasteiger partial charge in [-0.15, -0.1) is 0 Å². The van der Waals surface area contributed by atoms with Gasteiger partial charge in [0.1, 0.15) is 12.1 Å². The smallest absolute Gasteiger partial charge is 0.326 e. The first-order valence-electron chi connectivity index (χ1n) is 5.29. The van der Waals surface area contributed by atoms with Gasteiger partial charge in [-0.1, -0.05) is 0 Å². The van der Waals surface area contributed by atoms with E-state index in [1.54, 1.807) is 0 Å². The van der Waals surface area contributed by atoms with Crippen molar-refractivity contribution < 1.29 is 24.2 Å². The van der Waals surface area contributed by atoms with Gasteiger partial charge in [0.2, 0.25) is 5.91 Å². The van der Waals surface area contributed by atoms with Gasteiger partial charge in [0, 0.05) is 26.7 Å². The normalized spacial score (nSPS) is 21.7. The lowest BCUT2D eigenvalue weighted by Crippen LogP contribution is -2.45. The van der Waals surface area contributed by atoms with Crippen molar-refractivity contribution >= 4 is 11.9 Å². The number of hydrogen-bond acceptors (Lipinski definition) is 4. The van der Waals surface area contributed by atoms with Crippen LogP contribution in [0.5, 0.6) is 0 Å². The second kappa shape index (κ2) is 6.44. The van der Waals surface area contributed by atoms with Gasteiger partial charge in [-0.3, -0.25) is 4.79 Å². The molecule has 6 nitrogen and oxygen atoms in total. The van der Waals surface area contributed by atoms with Crippen LogP contribution in [0.1, 0.15) is 19.3 Å². The van der Waals surface area contributed by atoms with E-state index in [0.29, 0.717) is 19.6 Å². The molecule has 92 valence electrons. The second-order valence-corrected chi connectivity index (χ2v) is 3.68. The Hall–Kier alpha value is -1.14. The Morgan fingerprint density at radius 2 is 2.38 bits per heavy atom. The van der Waals surface area contributed by atoms with Gasteiger partial charge in [-0.05, 0) is 12.8 Å². The van der Waals surface area contributed by atoms with E-state index in [2.05, 4.69) is 5.32 Å². The molecule has 1 amide bonds. The summed E-state index contributed by atoms with van der Waals surface area (Å²) in [6, 6.07) is -0.906. The number of methoxy groups -OCH3 is 1. The molecule has 1 rings (SSSR count). The Morgan fingerprint density at radius 3 is 2.88 bits per heavy atom. The molecule has 0 saturated carbocycles. The zero-order valence-electron chi connectivity index (χ0n) is 9.27. The summed E-state index contributed by atoms with van der Waals surface area (Å²) in [5, 5.41) is 11.3. The molecule has 1 unspecified atom stereocenters. The minimum Gasteiger partial charge on any atom is -0.480 e. The van der Waals surface area contributed by atoms with E-state index in [4.69, 9.17) is 14.6 Å². The highest BCUT2D eigenvalue weighted by Crippen LogP contribution is 2.12. The van der Waals surface area contributed by atoms with Crippen molar-refractivity contribution in [3.8, 4) is 0 Å². The number of amides is 1. The third-order valence-corrected chi connectivity index (χ3v) is 2.45. The van der Waals surface area contributed by atoms with Gasteiger partial charge in [0.25, 0.3) is 0 Å². The summed E-state index contributed by atoms with van der Waals surface area (Å²) < 4.78 is 9.95. The molecule has 0 aromatic heterocycles. The molecule has 0 aromatic rings. The summed E-state index contributed by atoms with van der Waals surface area (Å²) in [6.45, 7) is 0.858. The van der Waals surface area contributed by atoms with Crippen molar-refractivity contribution in [3.63, 3.8) is 0 Å². The summed E-state index contributed by atoms with van der Waals surface area (Å²) in [5.41, 5.74) is 0. The molecule has 16 heavy (non-hydrogen) atoms. The van der Waals surface area contributed by atoms with Gasteiger partial charge >= 0.3 is 5.97 Å². The minimum atomic E-state index is -1.05. The highest BCUT2D eigenvalue weighted by Gasteiger charge is 2.27. The maximum Gasteiger partial charge on any atom is 0.326 e. The summed E-state index contributed by atoms with van der Waals surface area (Å²) in [6.07, 6.45) is 1.25. The fourth-order valence-corrected chi connectivity index (χ4v) is 1.54. The number of carbonyl (C=O) groups excluding carboxylic acids is 1. The monoisotopic (exact) mass is 231 g/mol. The molecule has 2 N–H and O–H groups in total. The topological polar surface area (TPSA) is 84.9 Å². The molecule has 0 aromatic carbocycles. The largest absolute Gasteiger partial charge is 0.480 e. The summed E-state index contributed by atoms with van der Waals surface area (Å²) in [7, 11) is 1.49. The van der Waals surface area contributed by atoms with Gasteiger partial charge in [0.05, 0.1) is 0 Å². The average Bonchev–Trinajstić information content (AvgIpc) is 2.76. The van der Waals surface area contributed by atoms with Crippen LogP contribution < -0.4 is 5.32 Å². The molecule has 1 heterocycles. The lowest BCUT2D eigenvalue weighted by Gasteiger charge is -2.16. The quantitative estimate of drug-likeness (QED) is 0.659. The number of carboxylic acids is 1. The number of hydrogen-bond donors (Lipinski definition) is 2. The third-order valence-electron chi connectivity index (χ3n) is 2.45. The van der Waals surface area contributed by atoms with Crippen LogP contribution in [0.15, 0.2) is 0 Å². The van der Waals surface area contributed by atoms with E-state index in [-0.39, 0.29) is 12.3 Å². The molecular formula is C10H17NO5. The lowest BCUT2D eigenvalue weighted by atomic mass is 10.2. The third kappa shape index (κ3) is 3.79. The van der Waals surface area contributed by atoms with Crippen molar-refractivity contribution in [2.45, 2.75) is 31.4 Å². The fraction of sp³-hybridized carbons (Fsp3) is 0.800. The molecular weight excluding hydrogens is 214 g/mol. The van der Waals surface area contributed by atoms with Gasteiger partial charge in [-0.25, -0.2) is 4.79 Å². The van der Waals surface area contributed by atoms with E-state index in [1.807, 2.05) is 0 Å². The Balaban J connectivity index is 2.40. The molecule has 1 fully saturated rings. The molecule has 1 aliphatic rings. The molecule has 0 aliphatic carbocycles. The van der Waals surface area contributed by atoms with Crippen LogP contribution in [0.25, 0.3) is 0 Å². The number of nitrogens with one attached hydrogen (secondary N) is 1. The standard InChI is InChI=1S/C10H17NO5/c1-15-6-4-7(10(13)14)11-9(12)8-3-2-5-16-8/h7-8H,2-6H2,1H3,(H,11,12)(H,13,14)/t7?,8-/m1/s1. The van der Waals surface area contributed by atoms with Crippen LogP contribution in [0, 0.1) is 0 Å². The maximum atomic E-state index is 11.6. The van der Waals surface area contributed by atoms with Gasteiger partial charge < -0.3 is 19.9 Å². The van der Waals surface area contributed by atoms with E-state index in [0.717, 1.165) is 6.42 Å². The Morgan fingerprint density at radius 1 is 1.62 bits per heavy atom. The van der Waals surface area contributed by atoms with Crippen LogP contribution in [-0.4, -0.2) is 49.5 Å². The zero-order valence-corrected chi connectivity index (χ0v) is 9.27. The van der Waals surface area contributed by atoms with E-state index < -0.39 is 18.1 Å². The predicted octanol–water partition coefficient (Wildman–Crippen LogP) is -0.229. The Labute approximate surface area is 93.9 Å². The Kier molecular flexibility index (Phi) is 5.21. The van der Waals surface area contributed by atoms with Crippen molar-refractivity contribution in [2.24, 2.45) is 0 Å². The van der Waals surface area contributed by atoms with Crippen molar-refractivity contribution in [3.05, 3.63) is 0 Å². The van der Waals surface area contributed by atoms with Crippen LogP contribution in [-0.2, 0) is 19.1 Å². The zero-order chi connectivity index (χ0) is 12.0. The highest BCUT2D eigenvalue weighted by molar-refractivity contribution is 5.86. The minimum absolute atomic E-state index is 0.254. The molecule has 1 saturated heterocycles. The first kappa shape index (κ1) is 12.9. The molecule has 6 heteroatoms. The van der Waals surface area contributed by atoms with Crippen molar-refractivity contribution in [1.29, 1.82) is 0 Å². The molecule has 0 spiro atoms. The molecule has 2 atom stereocenters. The predicted molar refractivity (Wildman–Crippen MR) is 55.0 cm³/mol. The first-order chi connectivity index (χ1) is 7.65. The summed E-state index contributed by atoms with van der Waals surface area (Å²) in [4.78, 5) is 22.4. The molecule has 1 aliphatic heterocycles. The van der Waals surface area contributed by atoms with Crippen LogP contribution in [0.3, 0.4) is 0 Å². The van der Waals surface area contributed by atoms with Crippen LogP contribution >= 0.6 is 0 Å². The van der Waals surface area contributed by atoms with E-state index in [9.17, 15) is 9.59 Å².